The smallest absolute Gasteiger partial charge is 0.279 e. The van der Waals surface area contributed by atoms with Crippen molar-refractivity contribution in [3.63, 3.8) is 0 Å². The Balaban J connectivity index is 1.64. The van der Waals surface area contributed by atoms with Gasteiger partial charge in [0.1, 0.15) is 5.75 Å². The molecule has 3 rings (SSSR count). The van der Waals surface area contributed by atoms with E-state index in [0.29, 0.717) is 0 Å². The van der Waals surface area contributed by atoms with Gasteiger partial charge in [-0.15, -0.1) is 6.58 Å². The number of amides is 1. The van der Waals surface area contributed by atoms with E-state index in [9.17, 15) is 4.79 Å². The minimum Gasteiger partial charge on any atom is -0.493 e. The third-order valence-electron chi connectivity index (χ3n) is 7.21. The van der Waals surface area contributed by atoms with Crippen molar-refractivity contribution in [3.8, 4) is 5.75 Å². The summed E-state index contributed by atoms with van der Waals surface area (Å²) in [6, 6.07) is 8.27. The predicted molar refractivity (Wildman–Crippen MR) is 137 cm³/mol. The largest absolute Gasteiger partial charge is 0.493 e. The van der Waals surface area contributed by atoms with Crippen LogP contribution in [0.2, 0.25) is 0 Å². The summed E-state index contributed by atoms with van der Waals surface area (Å²) in [5, 5.41) is 2.67. The van der Waals surface area contributed by atoms with Gasteiger partial charge in [0.2, 0.25) is 0 Å². The van der Waals surface area contributed by atoms with E-state index in [2.05, 4.69) is 58.6 Å². The Bertz CT molecular complexity index is 996. The van der Waals surface area contributed by atoms with Crippen LogP contribution < -0.4 is 10.1 Å². The van der Waals surface area contributed by atoms with Gasteiger partial charge in [-0.05, 0) is 104 Å². The first-order valence-electron chi connectivity index (χ1n) is 11.5. The summed E-state index contributed by atoms with van der Waals surface area (Å²) in [5.41, 5.74) is 10.3. The average Bonchev–Trinajstić information content (AvgIpc) is 2.80. The van der Waals surface area contributed by atoms with Crippen LogP contribution in [-0.2, 0) is 19.3 Å². The van der Waals surface area contributed by atoms with Crippen LogP contribution in [0.25, 0.3) is 0 Å². The molecule has 2 aromatic carbocycles. The van der Waals surface area contributed by atoms with Gasteiger partial charge in [-0.25, -0.2) is 0 Å². The first kappa shape index (κ1) is 24.4. The van der Waals surface area contributed by atoms with Crippen molar-refractivity contribution in [2.24, 2.45) is 5.41 Å². The Kier molecular flexibility index (Phi) is 7.76. The highest BCUT2D eigenvalue weighted by atomic mass is 32.2. The van der Waals surface area contributed by atoms with Gasteiger partial charge in [0, 0.05) is 17.7 Å². The van der Waals surface area contributed by atoms with Crippen molar-refractivity contribution in [2.45, 2.75) is 65.6 Å². The van der Waals surface area contributed by atoms with E-state index in [1.165, 1.54) is 39.6 Å². The molecule has 0 saturated heterocycles. The average molecular weight is 452 g/mol. The van der Waals surface area contributed by atoms with E-state index < -0.39 is 0 Å². The highest BCUT2D eigenvalue weighted by Gasteiger charge is 2.33. The van der Waals surface area contributed by atoms with Crippen LogP contribution in [0.4, 0.5) is 4.79 Å². The van der Waals surface area contributed by atoms with E-state index in [1.807, 2.05) is 18.2 Å². The molecule has 0 bridgehead atoms. The Morgan fingerprint density at radius 3 is 2.34 bits per heavy atom. The second kappa shape index (κ2) is 10.2. The van der Waals surface area contributed by atoms with Crippen molar-refractivity contribution in [1.29, 1.82) is 0 Å². The van der Waals surface area contributed by atoms with Crippen LogP contribution in [0.3, 0.4) is 0 Å². The van der Waals surface area contributed by atoms with Crippen LogP contribution in [0.15, 0.2) is 36.9 Å². The number of carbonyl (C=O) groups excluding carboxylic acids is 1. The van der Waals surface area contributed by atoms with Crippen LogP contribution in [0.5, 0.6) is 5.75 Å². The topological polar surface area (TPSA) is 38.3 Å². The summed E-state index contributed by atoms with van der Waals surface area (Å²) in [6.45, 7) is 16.0. The first-order valence-corrected chi connectivity index (χ1v) is 12.4. The van der Waals surface area contributed by atoms with E-state index in [0.717, 1.165) is 38.0 Å². The van der Waals surface area contributed by atoms with E-state index in [-0.39, 0.29) is 15.9 Å². The second-order valence-corrected chi connectivity index (χ2v) is 10.7. The molecule has 1 aliphatic rings. The SMILES string of the molecule is C=CC(Cc1ccc(OCC2(C)CCc3c(C)c(C)c(C)c(C)c3C2)cc1)SC(=O)NC. The zero-order valence-electron chi connectivity index (χ0n) is 20.4. The molecule has 172 valence electrons. The molecular weight excluding hydrogens is 414 g/mol. The summed E-state index contributed by atoms with van der Waals surface area (Å²) in [6.07, 6.45) is 5.96. The van der Waals surface area contributed by atoms with Crippen LogP contribution in [-0.4, -0.2) is 24.1 Å². The lowest BCUT2D eigenvalue weighted by Crippen LogP contribution is -2.33. The molecule has 1 aliphatic carbocycles. The predicted octanol–water partition coefficient (Wildman–Crippen LogP) is 6.66. The normalized spacial score (nSPS) is 18.6. The maximum atomic E-state index is 11.6. The fraction of sp³-hybridized carbons (Fsp3) is 0.464. The van der Waals surface area contributed by atoms with Crippen molar-refractivity contribution in [1.82, 2.24) is 5.32 Å². The molecule has 1 amide bonds. The quantitative estimate of drug-likeness (QED) is 0.478. The molecule has 3 nitrogen and oxygen atoms in total. The van der Waals surface area contributed by atoms with E-state index in [1.54, 1.807) is 18.2 Å². The van der Waals surface area contributed by atoms with Crippen molar-refractivity contribution in [3.05, 3.63) is 75.9 Å². The van der Waals surface area contributed by atoms with Crippen LogP contribution >= 0.6 is 11.8 Å². The number of nitrogens with one attached hydrogen (secondary N) is 1. The minimum atomic E-state index is -0.0343. The van der Waals surface area contributed by atoms with E-state index >= 15 is 0 Å². The number of hydrogen-bond acceptors (Lipinski definition) is 3. The molecular formula is C28H37NO2S. The zero-order valence-corrected chi connectivity index (χ0v) is 21.2. The van der Waals surface area contributed by atoms with Gasteiger partial charge in [0.15, 0.2) is 0 Å². The second-order valence-electron chi connectivity index (χ2n) is 9.51. The first-order chi connectivity index (χ1) is 15.2. The Morgan fingerprint density at radius 1 is 1.12 bits per heavy atom. The summed E-state index contributed by atoms with van der Waals surface area (Å²) in [4.78, 5) is 11.6. The molecule has 0 saturated carbocycles. The number of benzene rings is 2. The van der Waals surface area contributed by atoms with Crippen LogP contribution in [0, 0.1) is 33.1 Å². The molecule has 0 radical (unpaired) electrons. The van der Waals surface area contributed by atoms with Gasteiger partial charge < -0.3 is 10.1 Å². The van der Waals surface area contributed by atoms with Crippen molar-refractivity contribution >= 4 is 17.0 Å². The minimum absolute atomic E-state index is 0.0343. The Morgan fingerprint density at radius 2 is 1.75 bits per heavy atom. The lowest BCUT2D eigenvalue weighted by molar-refractivity contribution is 0.144. The lowest BCUT2D eigenvalue weighted by atomic mass is 9.70. The summed E-state index contributed by atoms with van der Waals surface area (Å²) in [7, 11) is 1.65. The van der Waals surface area contributed by atoms with Gasteiger partial charge >= 0.3 is 0 Å². The molecule has 0 heterocycles. The molecule has 2 unspecified atom stereocenters. The Labute approximate surface area is 198 Å². The lowest BCUT2D eigenvalue weighted by Gasteiger charge is -2.37. The maximum Gasteiger partial charge on any atom is 0.279 e. The number of carbonyl (C=O) groups is 1. The molecule has 0 aromatic heterocycles. The highest BCUT2D eigenvalue weighted by Crippen LogP contribution is 2.40. The third kappa shape index (κ3) is 5.40. The zero-order chi connectivity index (χ0) is 23.5. The van der Waals surface area contributed by atoms with Gasteiger partial charge in [0.05, 0.1) is 6.61 Å². The van der Waals surface area contributed by atoms with Crippen molar-refractivity contribution in [2.75, 3.05) is 13.7 Å². The maximum absolute atomic E-state index is 11.6. The number of fused-ring (bicyclic) bond motifs is 1. The fourth-order valence-electron chi connectivity index (χ4n) is 4.69. The van der Waals surface area contributed by atoms with Crippen molar-refractivity contribution < 1.29 is 9.53 Å². The Hall–Kier alpha value is -2.20. The standard InChI is InChI=1S/C28H37NO2S/c1-8-24(32-27(30)29-7)15-22-9-11-23(12-10-22)31-17-28(6)14-13-25-20(4)18(2)19(3)21(5)26(25)16-28/h8-12,24H,1,13-17H2,2-7H3,(H,29,30). The number of rotatable bonds is 7. The molecule has 1 N–H and O–H groups in total. The van der Waals surface area contributed by atoms with Gasteiger partial charge in [-0.1, -0.05) is 36.9 Å². The van der Waals surface area contributed by atoms with Gasteiger partial charge in [-0.2, -0.15) is 0 Å². The van der Waals surface area contributed by atoms with Gasteiger partial charge in [-0.3, -0.25) is 4.79 Å². The molecule has 0 fully saturated rings. The molecule has 2 aromatic rings. The third-order valence-corrected chi connectivity index (χ3v) is 8.29. The monoisotopic (exact) mass is 451 g/mol. The number of ether oxygens (including phenoxy) is 1. The number of thioether (sulfide) groups is 1. The molecule has 2 atom stereocenters. The summed E-state index contributed by atoms with van der Waals surface area (Å²) >= 11 is 1.27. The number of hydrogen-bond donors (Lipinski definition) is 1. The van der Waals surface area contributed by atoms with E-state index in [4.69, 9.17) is 4.74 Å². The van der Waals surface area contributed by atoms with Gasteiger partial charge in [0.25, 0.3) is 5.24 Å². The molecule has 0 spiro atoms. The summed E-state index contributed by atoms with van der Waals surface area (Å²) < 4.78 is 6.27. The highest BCUT2D eigenvalue weighted by molar-refractivity contribution is 8.14. The molecule has 32 heavy (non-hydrogen) atoms. The molecule has 0 aliphatic heterocycles. The molecule has 4 heteroatoms. The summed E-state index contributed by atoms with van der Waals surface area (Å²) in [5.74, 6) is 0.905. The van der Waals surface area contributed by atoms with Crippen LogP contribution in [0.1, 0.15) is 52.3 Å². The fourth-order valence-corrected chi connectivity index (χ4v) is 5.46.